The SMILES string of the molecule is COc1cccc(N2CCN(C(=O)c3csc(Nc4ccc(S(C)(=O)=O)cc4)n3)CC2)c1. The first-order chi connectivity index (χ1) is 15.3. The molecule has 1 N–H and O–H groups in total. The van der Waals surface area contributed by atoms with E-state index in [2.05, 4.69) is 15.2 Å². The highest BCUT2D eigenvalue weighted by Crippen LogP contribution is 2.25. The number of sulfone groups is 1. The van der Waals surface area contributed by atoms with E-state index in [1.165, 1.54) is 17.6 Å². The van der Waals surface area contributed by atoms with E-state index in [0.29, 0.717) is 29.6 Å². The zero-order valence-electron chi connectivity index (χ0n) is 17.8. The smallest absolute Gasteiger partial charge is 0.273 e. The lowest BCUT2D eigenvalue weighted by atomic mass is 10.2. The van der Waals surface area contributed by atoms with E-state index >= 15 is 0 Å². The lowest BCUT2D eigenvalue weighted by molar-refractivity contribution is 0.0741. The van der Waals surface area contributed by atoms with Gasteiger partial charge in [0.1, 0.15) is 11.4 Å². The Labute approximate surface area is 191 Å². The van der Waals surface area contributed by atoms with Gasteiger partial charge in [0.05, 0.1) is 12.0 Å². The predicted molar refractivity (Wildman–Crippen MR) is 126 cm³/mol. The topological polar surface area (TPSA) is 91.8 Å². The second-order valence-electron chi connectivity index (χ2n) is 7.44. The van der Waals surface area contributed by atoms with E-state index in [1.54, 1.807) is 36.8 Å². The molecule has 4 rings (SSSR count). The number of hydrogen-bond acceptors (Lipinski definition) is 8. The summed E-state index contributed by atoms with van der Waals surface area (Å²) < 4.78 is 28.5. The second kappa shape index (κ2) is 9.17. The minimum Gasteiger partial charge on any atom is -0.497 e. The monoisotopic (exact) mass is 472 g/mol. The summed E-state index contributed by atoms with van der Waals surface area (Å²) in [6.07, 6.45) is 1.17. The molecule has 1 saturated heterocycles. The van der Waals surface area contributed by atoms with Crippen LogP contribution in [0.3, 0.4) is 0 Å². The van der Waals surface area contributed by atoms with Crippen LogP contribution in [-0.4, -0.2) is 63.8 Å². The number of aromatic nitrogens is 1. The molecule has 0 bridgehead atoms. The molecule has 0 atom stereocenters. The molecule has 3 aromatic rings. The van der Waals surface area contributed by atoms with Gasteiger partial charge in [-0.05, 0) is 36.4 Å². The van der Waals surface area contributed by atoms with Crippen LogP contribution >= 0.6 is 11.3 Å². The molecule has 0 radical (unpaired) electrons. The Morgan fingerprint density at radius 1 is 1.09 bits per heavy atom. The minimum absolute atomic E-state index is 0.0907. The molecule has 2 aromatic carbocycles. The second-order valence-corrected chi connectivity index (χ2v) is 10.3. The van der Waals surface area contributed by atoms with Crippen LogP contribution in [0.1, 0.15) is 10.5 Å². The van der Waals surface area contributed by atoms with Crippen LogP contribution in [0, 0.1) is 0 Å². The Morgan fingerprint density at radius 2 is 1.81 bits per heavy atom. The highest BCUT2D eigenvalue weighted by atomic mass is 32.2. The van der Waals surface area contributed by atoms with Crippen molar-refractivity contribution in [2.75, 3.05) is 49.8 Å². The fourth-order valence-corrected chi connectivity index (χ4v) is 4.81. The molecule has 0 aliphatic carbocycles. The number of ether oxygens (including phenoxy) is 1. The van der Waals surface area contributed by atoms with Gasteiger partial charge in [-0.2, -0.15) is 0 Å². The largest absolute Gasteiger partial charge is 0.497 e. The Hall–Kier alpha value is -3.11. The number of piperazine rings is 1. The highest BCUT2D eigenvalue weighted by Gasteiger charge is 2.24. The van der Waals surface area contributed by atoms with Gasteiger partial charge in [0.25, 0.3) is 5.91 Å². The van der Waals surface area contributed by atoms with Gasteiger partial charge >= 0.3 is 0 Å². The Balaban J connectivity index is 1.36. The van der Waals surface area contributed by atoms with Gasteiger partial charge in [0, 0.05) is 55.3 Å². The zero-order valence-corrected chi connectivity index (χ0v) is 19.4. The third kappa shape index (κ3) is 5.03. The molecule has 1 fully saturated rings. The number of carbonyl (C=O) groups is 1. The number of hydrogen-bond donors (Lipinski definition) is 1. The zero-order chi connectivity index (χ0) is 22.7. The fraction of sp³-hybridized carbons (Fsp3) is 0.273. The normalized spacial score (nSPS) is 14.3. The molecule has 0 saturated carbocycles. The summed E-state index contributed by atoms with van der Waals surface area (Å²) in [4.78, 5) is 21.6. The van der Waals surface area contributed by atoms with Gasteiger partial charge in [-0.25, -0.2) is 13.4 Å². The van der Waals surface area contributed by atoms with E-state index in [0.717, 1.165) is 24.5 Å². The third-order valence-electron chi connectivity index (χ3n) is 5.24. The molecule has 10 heteroatoms. The molecule has 1 aliphatic heterocycles. The van der Waals surface area contributed by atoms with Gasteiger partial charge in [-0.3, -0.25) is 4.79 Å². The quantitative estimate of drug-likeness (QED) is 0.589. The number of thiazole rings is 1. The maximum absolute atomic E-state index is 12.9. The number of rotatable bonds is 6. The third-order valence-corrected chi connectivity index (χ3v) is 7.13. The van der Waals surface area contributed by atoms with Gasteiger partial charge in [-0.1, -0.05) is 6.07 Å². The summed E-state index contributed by atoms with van der Waals surface area (Å²) in [6, 6.07) is 14.4. The van der Waals surface area contributed by atoms with Crippen LogP contribution in [0.4, 0.5) is 16.5 Å². The molecule has 1 amide bonds. The van der Waals surface area contributed by atoms with Crippen LogP contribution in [0.5, 0.6) is 5.75 Å². The highest BCUT2D eigenvalue weighted by molar-refractivity contribution is 7.90. The molecule has 0 unspecified atom stereocenters. The van der Waals surface area contributed by atoms with Crippen molar-refractivity contribution in [2.45, 2.75) is 4.90 Å². The maximum Gasteiger partial charge on any atom is 0.273 e. The van der Waals surface area contributed by atoms with Crippen LogP contribution in [0.25, 0.3) is 0 Å². The lowest BCUT2D eigenvalue weighted by Gasteiger charge is -2.35. The van der Waals surface area contributed by atoms with Gasteiger partial charge in [-0.15, -0.1) is 11.3 Å². The lowest BCUT2D eigenvalue weighted by Crippen LogP contribution is -2.48. The van der Waals surface area contributed by atoms with E-state index in [9.17, 15) is 13.2 Å². The van der Waals surface area contributed by atoms with Crippen LogP contribution in [-0.2, 0) is 9.84 Å². The van der Waals surface area contributed by atoms with Gasteiger partial charge in [0.2, 0.25) is 0 Å². The van der Waals surface area contributed by atoms with Gasteiger partial charge in [0.15, 0.2) is 15.0 Å². The van der Waals surface area contributed by atoms with Crippen molar-refractivity contribution in [1.82, 2.24) is 9.88 Å². The molecule has 8 nitrogen and oxygen atoms in total. The average molecular weight is 473 g/mol. The number of nitrogens with one attached hydrogen (secondary N) is 1. The number of methoxy groups -OCH3 is 1. The van der Waals surface area contributed by atoms with Crippen molar-refractivity contribution >= 4 is 43.6 Å². The standard InChI is InChI=1S/C22H24N4O4S2/c1-30-18-5-3-4-17(14-18)25-10-12-26(13-11-25)21(27)20-15-31-22(24-20)23-16-6-8-19(9-7-16)32(2,28)29/h3-9,14-15H,10-13H2,1-2H3,(H,23,24). The Bertz CT molecular complexity index is 1200. The van der Waals surface area contributed by atoms with E-state index < -0.39 is 9.84 Å². The molecular formula is C22H24N4O4S2. The van der Waals surface area contributed by atoms with Crippen molar-refractivity contribution in [3.8, 4) is 5.75 Å². The summed E-state index contributed by atoms with van der Waals surface area (Å²) in [5, 5.41) is 5.44. The number of anilines is 3. The van der Waals surface area contributed by atoms with Gasteiger partial charge < -0.3 is 19.9 Å². The summed E-state index contributed by atoms with van der Waals surface area (Å²) in [7, 11) is -1.59. The summed E-state index contributed by atoms with van der Waals surface area (Å²) in [6.45, 7) is 2.70. The molecule has 0 spiro atoms. The Morgan fingerprint density at radius 3 is 2.47 bits per heavy atom. The van der Waals surface area contributed by atoms with Crippen molar-refractivity contribution in [1.29, 1.82) is 0 Å². The fourth-order valence-electron chi connectivity index (χ4n) is 3.48. The summed E-state index contributed by atoms with van der Waals surface area (Å²) in [5.41, 5.74) is 2.19. The number of benzene rings is 2. The molecule has 32 heavy (non-hydrogen) atoms. The summed E-state index contributed by atoms with van der Waals surface area (Å²) >= 11 is 1.34. The van der Waals surface area contributed by atoms with Crippen LogP contribution in [0.2, 0.25) is 0 Å². The number of carbonyl (C=O) groups excluding carboxylic acids is 1. The molecule has 2 heterocycles. The minimum atomic E-state index is -3.24. The molecule has 1 aromatic heterocycles. The van der Waals surface area contributed by atoms with E-state index in [-0.39, 0.29) is 10.8 Å². The Kier molecular flexibility index (Phi) is 6.33. The molecule has 168 valence electrons. The van der Waals surface area contributed by atoms with Crippen molar-refractivity contribution in [3.05, 3.63) is 59.6 Å². The first-order valence-electron chi connectivity index (χ1n) is 10.0. The van der Waals surface area contributed by atoms with Crippen molar-refractivity contribution in [2.24, 2.45) is 0 Å². The van der Waals surface area contributed by atoms with E-state index in [4.69, 9.17) is 4.74 Å². The van der Waals surface area contributed by atoms with Crippen LogP contribution < -0.4 is 15.0 Å². The first-order valence-corrected chi connectivity index (χ1v) is 12.8. The number of amides is 1. The maximum atomic E-state index is 12.9. The molecule has 1 aliphatic rings. The molecular weight excluding hydrogens is 448 g/mol. The predicted octanol–water partition coefficient (Wildman–Crippen LogP) is 3.26. The number of nitrogens with zero attached hydrogens (tertiary/aromatic N) is 3. The van der Waals surface area contributed by atoms with Crippen molar-refractivity contribution in [3.63, 3.8) is 0 Å². The first kappa shape index (κ1) is 22.1. The average Bonchev–Trinajstić information content (AvgIpc) is 3.27. The van der Waals surface area contributed by atoms with Crippen LogP contribution in [0.15, 0.2) is 58.8 Å². The summed E-state index contributed by atoms with van der Waals surface area (Å²) in [5.74, 6) is 0.724. The van der Waals surface area contributed by atoms with Crippen molar-refractivity contribution < 1.29 is 17.9 Å². The van der Waals surface area contributed by atoms with E-state index in [1.807, 2.05) is 29.2 Å².